The highest BCUT2D eigenvalue weighted by Gasteiger charge is 2.30. The monoisotopic (exact) mass is 316 g/mol. The average molecular weight is 316 g/mol. The first-order chi connectivity index (χ1) is 10.9. The van der Waals surface area contributed by atoms with E-state index in [0.29, 0.717) is 11.1 Å². The molecule has 0 unspecified atom stereocenters. The fourth-order valence-electron chi connectivity index (χ4n) is 2.18. The third-order valence-electron chi connectivity index (χ3n) is 3.32. The Morgan fingerprint density at radius 1 is 1.00 bits per heavy atom. The number of nitrogens with one attached hydrogen (secondary N) is 1. The molecule has 3 rings (SSSR count). The lowest BCUT2D eigenvalue weighted by Crippen LogP contribution is -2.13. The zero-order chi connectivity index (χ0) is 16.4. The molecule has 0 fully saturated rings. The Hall–Kier alpha value is -2.89. The number of alkyl halides is 3. The van der Waals surface area contributed by atoms with Crippen LogP contribution >= 0.6 is 0 Å². The second-order valence-electron chi connectivity index (χ2n) is 4.94. The highest BCUT2D eigenvalue weighted by Crippen LogP contribution is 2.30. The smallest absolute Gasteiger partial charge is 0.322 e. The van der Waals surface area contributed by atoms with Gasteiger partial charge >= 0.3 is 6.18 Å². The van der Waals surface area contributed by atoms with Crippen molar-refractivity contribution in [2.45, 2.75) is 6.18 Å². The minimum atomic E-state index is -4.45. The first-order valence-electron chi connectivity index (χ1n) is 6.77. The molecule has 2 aromatic carbocycles. The van der Waals surface area contributed by atoms with E-state index in [2.05, 4.69) is 10.3 Å². The van der Waals surface area contributed by atoms with Gasteiger partial charge in [0.2, 0.25) is 0 Å². The summed E-state index contributed by atoms with van der Waals surface area (Å²) in [6, 6.07) is 13.1. The average Bonchev–Trinajstić information content (AvgIpc) is 2.54. The number of anilines is 1. The van der Waals surface area contributed by atoms with Crippen LogP contribution in [0.4, 0.5) is 18.9 Å². The molecule has 1 amide bonds. The third-order valence-corrected chi connectivity index (χ3v) is 3.32. The quantitative estimate of drug-likeness (QED) is 0.756. The Morgan fingerprint density at radius 3 is 2.61 bits per heavy atom. The minimum absolute atomic E-state index is 0.0888. The van der Waals surface area contributed by atoms with Gasteiger partial charge in [0, 0.05) is 22.8 Å². The molecule has 3 aromatic rings. The largest absolute Gasteiger partial charge is 0.416 e. The molecule has 0 aliphatic rings. The molecule has 1 heterocycles. The first kappa shape index (κ1) is 15.0. The fraction of sp³-hybridized carbons (Fsp3) is 0.0588. The molecule has 0 saturated carbocycles. The molecule has 6 heteroatoms. The van der Waals surface area contributed by atoms with Crippen LogP contribution in [0.1, 0.15) is 15.9 Å². The standard InChI is InChI=1S/C17H11F3N2O/c18-17(19,20)13-4-1-5-14(10-13)22-16(23)12-7-6-11-3-2-8-21-15(11)9-12/h1-10H,(H,22,23). The maximum atomic E-state index is 12.7. The molecule has 3 nitrogen and oxygen atoms in total. The third kappa shape index (κ3) is 3.31. The summed E-state index contributed by atoms with van der Waals surface area (Å²) in [7, 11) is 0. The van der Waals surface area contributed by atoms with Crippen molar-refractivity contribution in [1.29, 1.82) is 0 Å². The van der Waals surface area contributed by atoms with E-state index in [1.54, 1.807) is 30.5 Å². The molecule has 0 atom stereocenters. The molecule has 116 valence electrons. The van der Waals surface area contributed by atoms with Crippen LogP contribution in [0.15, 0.2) is 60.8 Å². The maximum absolute atomic E-state index is 12.7. The van der Waals surface area contributed by atoms with Gasteiger partial charge in [0.25, 0.3) is 5.91 Å². The molecule has 23 heavy (non-hydrogen) atoms. The van der Waals surface area contributed by atoms with Crippen molar-refractivity contribution in [3.05, 3.63) is 71.9 Å². The molecular formula is C17H11F3N2O. The summed E-state index contributed by atoms with van der Waals surface area (Å²) in [4.78, 5) is 16.3. The second kappa shape index (κ2) is 5.72. The molecule has 0 spiro atoms. The van der Waals surface area contributed by atoms with E-state index in [9.17, 15) is 18.0 Å². The van der Waals surface area contributed by atoms with Crippen molar-refractivity contribution in [2.75, 3.05) is 5.32 Å². The van der Waals surface area contributed by atoms with Crippen LogP contribution in [0.5, 0.6) is 0 Å². The number of hydrogen-bond acceptors (Lipinski definition) is 2. The van der Waals surface area contributed by atoms with Crippen LogP contribution in [0, 0.1) is 0 Å². The first-order valence-corrected chi connectivity index (χ1v) is 6.77. The van der Waals surface area contributed by atoms with Gasteiger partial charge in [-0.15, -0.1) is 0 Å². The summed E-state index contributed by atoms with van der Waals surface area (Å²) >= 11 is 0. The SMILES string of the molecule is O=C(Nc1cccc(C(F)(F)F)c1)c1ccc2cccnc2c1. The van der Waals surface area contributed by atoms with Crippen LogP contribution < -0.4 is 5.32 Å². The van der Waals surface area contributed by atoms with Gasteiger partial charge < -0.3 is 5.32 Å². The van der Waals surface area contributed by atoms with Gasteiger partial charge in [-0.3, -0.25) is 9.78 Å². The summed E-state index contributed by atoms with van der Waals surface area (Å²) in [6.07, 6.45) is -2.84. The number of hydrogen-bond donors (Lipinski definition) is 1. The molecule has 0 aliphatic carbocycles. The van der Waals surface area contributed by atoms with Gasteiger partial charge in [0.05, 0.1) is 11.1 Å². The van der Waals surface area contributed by atoms with E-state index in [-0.39, 0.29) is 5.69 Å². The molecule has 0 saturated heterocycles. The fourth-order valence-corrected chi connectivity index (χ4v) is 2.18. The van der Waals surface area contributed by atoms with Crippen LogP contribution in [-0.4, -0.2) is 10.9 Å². The van der Waals surface area contributed by atoms with Crippen molar-refractivity contribution in [3.63, 3.8) is 0 Å². The predicted molar refractivity (Wildman–Crippen MR) is 81.1 cm³/mol. The highest BCUT2D eigenvalue weighted by molar-refractivity contribution is 6.06. The van der Waals surface area contributed by atoms with Gasteiger partial charge in [-0.05, 0) is 36.4 Å². The number of rotatable bonds is 2. The number of benzene rings is 2. The number of fused-ring (bicyclic) bond motifs is 1. The molecule has 0 aliphatic heterocycles. The summed E-state index contributed by atoms with van der Waals surface area (Å²) in [5.74, 6) is -0.489. The Morgan fingerprint density at radius 2 is 1.83 bits per heavy atom. The molecule has 1 aromatic heterocycles. The number of pyridine rings is 1. The zero-order valence-corrected chi connectivity index (χ0v) is 11.8. The maximum Gasteiger partial charge on any atom is 0.416 e. The minimum Gasteiger partial charge on any atom is -0.322 e. The van der Waals surface area contributed by atoms with Gasteiger partial charge in [-0.2, -0.15) is 13.2 Å². The van der Waals surface area contributed by atoms with E-state index >= 15 is 0 Å². The lowest BCUT2D eigenvalue weighted by molar-refractivity contribution is -0.137. The lowest BCUT2D eigenvalue weighted by atomic mass is 10.1. The van der Waals surface area contributed by atoms with E-state index in [1.807, 2.05) is 6.07 Å². The number of nitrogens with zero attached hydrogens (tertiary/aromatic N) is 1. The van der Waals surface area contributed by atoms with E-state index < -0.39 is 17.6 Å². The van der Waals surface area contributed by atoms with Gasteiger partial charge in [0.1, 0.15) is 0 Å². The van der Waals surface area contributed by atoms with Crippen molar-refractivity contribution in [2.24, 2.45) is 0 Å². The van der Waals surface area contributed by atoms with Crippen molar-refractivity contribution >= 4 is 22.5 Å². The lowest BCUT2D eigenvalue weighted by Gasteiger charge is -2.10. The van der Waals surface area contributed by atoms with Gasteiger partial charge in [0.15, 0.2) is 0 Å². The number of amides is 1. The summed E-state index contributed by atoms with van der Waals surface area (Å²) in [5, 5.41) is 3.35. The van der Waals surface area contributed by atoms with E-state index in [4.69, 9.17) is 0 Å². The van der Waals surface area contributed by atoms with E-state index in [1.165, 1.54) is 12.1 Å². The van der Waals surface area contributed by atoms with Gasteiger partial charge in [-0.1, -0.05) is 18.2 Å². The normalized spacial score (nSPS) is 11.4. The summed E-state index contributed by atoms with van der Waals surface area (Å²) < 4.78 is 38.0. The van der Waals surface area contributed by atoms with E-state index in [0.717, 1.165) is 17.5 Å². The second-order valence-corrected chi connectivity index (χ2v) is 4.94. The van der Waals surface area contributed by atoms with Crippen molar-refractivity contribution in [1.82, 2.24) is 4.98 Å². The highest BCUT2D eigenvalue weighted by atomic mass is 19.4. The number of carbonyl (C=O) groups excluding carboxylic acids is 1. The Kier molecular flexibility index (Phi) is 3.73. The molecular weight excluding hydrogens is 305 g/mol. The number of halogens is 3. The topological polar surface area (TPSA) is 42.0 Å². The molecule has 1 N–H and O–H groups in total. The summed E-state index contributed by atoms with van der Waals surface area (Å²) in [6.45, 7) is 0. The zero-order valence-electron chi connectivity index (χ0n) is 11.8. The number of carbonyl (C=O) groups is 1. The predicted octanol–water partition coefficient (Wildman–Crippen LogP) is 4.51. The molecule has 0 bridgehead atoms. The number of aromatic nitrogens is 1. The van der Waals surface area contributed by atoms with Crippen LogP contribution in [0.25, 0.3) is 10.9 Å². The Balaban J connectivity index is 1.86. The van der Waals surface area contributed by atoms with Gasteiger partial charge in [-0.25, -0.2) is 0 Å². The molecule has 0 radical (unpaired) electrons. The van der Waals surface area contributed by atoms with Crippen LogP contribution in [-0.2, 0) is 6.18 Å². The van der Waals surface area contributed by atoms with Crippen molar-refractivity contribution in [3.8, 4) is 0 Å². The van der Waals surface area contributed by atoms with Crippen molar-refractivity contribution < 1.29 is 18.0 Å². The summed E-state index contributed by atoms with van der Waals surface area (Å²) in [5.41, 5.74) is 0.249. The van der Waals surface area contributed by atoms with Crippen LogP contribution in [0.3, 0.4) is 0 Å². The Bertz CT molecular complexity index is 875. The van der Waals surface area contributed by atoms with Crippen LogP contribution in [0.2, 0.25) is 0 Å². The Labute approximate surface area is 129 Å².